The summed E-state index contributed by atoms with van der Waals surface area (Å²) in [5.74, 6) is 0.819. The van der Waals surface area contributed by atoms with Gasteiger partial charge in [-0.1, -0.05) is 0 Å². The molecule has 2 rings (SSSR count). The van der Waals surface area contributed by atoms with E-state index in [4.69, 9.17) is 4.74 Å². The van der Waals surface area contributed by atoms with Crippen LogP contribution in [0.15, 0.2) is 22.9 Å². The smallest absolute Gasteiger partial charge is 0.138 e. The third-order valence-electron chi connectivity index (χ3n) is 2.69. The minimum atomic E-state index is 0.127. The van der Waals surface area contributed by atoms with Gasteiger partial charge in [-0.25, -0.2) is 0 Å². The van der Waals surface area contributed by atoms with E-state index in [9.17, 15) is 0 Å². The van der Waals surface area contributed by atoms with Gasteiger partial charge in [-0.15, -0.1) is 0 Å². The average molecular weight is 271 g/mol. The number of hydrogen-bond acceptors (Lipinski definition) is 3. The Kier molecular flexibility index (Phi) is 3.26. The molecule has 0 aliphatic carbocycles. The fourth-order valence-electron chi connectivity index (χ4n) is 1.79. The van der Waals surface area contributed by atoms with Gasteiger partial charge in [0.1, 0.15) is 12.4 Å². The van der Waals surface area contributed by atoms with Gasteiger partial charge in [0.2, 0.25) is 0 Å². The summed E-state index contributed by atoms with van der Waals surface area (Å²) in [6, 6.07) is 1.94. The molecule has 4 heteroatoms. The lowest BCUT2D eigenvalue weighted by Gasteiger charge is -2.24. The Morgan fingerprint density at radius 3 is 3.13 bits per heavy atom. The Hall–Kier alpha value is -0.610. The summed E-state index contributed by atoms with van der Waals surface area (Å²) >= 11 is 3.37. The second kappa shape index (κ2) is 4.49. The molecule has 1 saturated heterocycles. The van der Waals surface area contributed by atoms with E-state index in [1.807, 2.05) is 6.07 Å². The molecule has 0 spiro atoms. The lowest BCUT2D eigenvalue weighted by atomic mass is 10.0. The van der Waals surface area contributed by atoms with Crippen molar-refractivity contribution in [2.24, 2.45) is 0 Å². The van der Waals surface area contributed by atoms with Gasteiger partial charge in [-0.3, -0.25) is 4.98 Å². The lowest BCUT2D eigenvalue weighted by Crippen LogP contribution is -2.42. The van der Waals surface area contributed by atoms with Gasteiger partial charge in [0, 0.05) is 16.2 Å². The van der Waals surface area contributed by atoms with Gasteiger partial charge < -0.3 is 10.1 Å². The van der Waals surface area contributed by atoms with E-state index in [2.05, 4.69) is 33.2 Å². The molecule has 1 aromatic rings. The standard InChI is InChI=1S/C11H15BrN2O/c1-11(3-2-4-14-11)8-15-10-5-9(12)6-13-7-10/h5-7,14H,2-4,8H2,1H3/t11-/m1/s1. The maximum Gasteiger partial charge on any atom is 0.138 e. The van der Waals surface area contributed by atoms with Gasteiger partial charge in [-0.05, 0) is 48.3 Å². The Labute approximate surface area is 98.4 Å². The molecule has 0 saturated carbocycles. The largest absolute Gasteiger partial charge is 0.490 e. The van der Waals surface area contributed by atoms with Gasteiger partial charge in [-0.2, -0.15) is 0 Å². The van der Waals surface area contributed by atoms with Crippen molar-refractivity contribution < 1.29 is 4.74 Å². The molecular formula is C11H15BrN2O. The highest BCUT2D eigenvalue weighted by Gasteiger charge is 2.28. The molecule has 15 heavy (non-hydrogen) atoms. The van der Waals surface area contributed by atoms with Crippen LogP contribution >= 0.6 is 15.9 Å². The predicted octanol–water partition coefficient (Wildman–Crippen LogP) is 2.37. The molecule has 1 aliphatic rings. The Bertz CT molecular complexity index is 337. The number of hydrogen-bond donors (Lipinski definition) is 1. The van der Waals surface area contributed by atoms with E-state index in [-0.39, 0.29) is 5.54 Å². The van der Waals surface area contributed by atoms with Crippen LogP contribution in [0, 0.1) is 0 Å². The van der Waals surface area contributed by atoms with E-state index in [0.29, 0.717) is 6.61 Å². The van der Waals surface area contributed by atoms with Gasteiger partial charge >= 0.3 is 0 Å². The van der Waals surface area contributed by atoms with Crippen LogP contribution in [0.5, 0.6) is 5.75 Å². The summed E-state index contributed by atoms with van der Waals surface area (Å²) in [6.07, 6.45) is 5.90. The highest BCUT2D eigenvalue weighted by atomic mass is 79.9. The molecule has 0 radical (unpaired) electrons. The van der Waals surface area contributed by atoms with E-state index in [0.717, 1.165) is 16.8 Å². The zero-order valence-electron chi connectivity index (χ0n) is 8.79. The molecule has 0 bridgehead atoms. The van der Waals surface area contributed by atoms with Crippen molar-refractivity contribution in [2.75, 3.05) is 13.2 Å². The van der Waals surface area contributed by atoms with Crippen molar-refractivity contribution in [3.05, 3.63) is 22.9 Å². The number of rotatable bonds is 3. The summed E-state index contributed by atoms with van der Waals surface area (Å²) in [7, 11) is 0. The number of ether oxygens (including phenoxy) is 1. The third kappa shape index (κ3) is 2.92. The van der Waals surface area contributed by atoms with Crippen LogP contribution in [0.1, 0.15) is 19.8 Å². The molecule has 1 N–H and O–H groups in total. The van der Waals surface area contributed by atoms with Crippen LogP contribution in [0.2, 0.25) is 0 Å². The first kappa shape index (κ1) is 10.9. The second-order valence-corrected chi connectivity index (χ2v) is 5.13. The minimum Gasteiger partial charge on any atom is -0.490 e. The lowest BCUT2D eigenvalue weighted by molar-refractivity contribution is 0.212. The van der Waals surface area contributed by atoms with E-state index < -0.39 is 0 Å². The van der Waals surface area contributed by atoms with Crippen molar-refractivity contribution in [1.29, 1.82) is 0 Å². The first-order chi connectivity index (χ1) is 7.18. The molecule has 1 aliphatic heterocycles. The fraction of sp³-hybridized carbons (Fsp3) is 0.545. The van der Waals surface area contributed by atoms with Crippen molar-refractivity contribution >= 4 is 15.9 Å². The SMILES string of the molecule is C[C@]1(COc2cncc(Br)c2)CCCN1. The van der Waals surface area contributed by atoms with E-state index >= 15 is 0 Å². The molecule has 1 fully saturated rings. The molecule has 1 atom stereocenters. The van der Waals surface area contributed by atoms with Crippen molar-refractivity contribution in [3.8, 4) is 5.75 Å². The maximum absolute atomic E-state index is 5.72. The quantitative estimate of drug-likeness (QED) is 0.916. The normalized spacial score (nSPS) is 25.5. The molecule has 0 aromatic carbocycles. The maximum atomic E-state index is 5.72. The minimum absolute atomic E-state index is 0.127. The summed E-state index contributed by atoms with van der Waals surface area (Å²) in [5.41, 5.74) is 0.127. The number of aromatic nitrogens is 1. The summed E-state index contributed by atoms with van der Waals surface area (Å²) < 4.78 is 6.67. The highest BCUT2D eigenvalue weighted by molar-refractivity contribution is 9.10. The zero-order valence-corrected chi connectivity index (χ0v) is 10.4. The van der Waals surface area contributed by atoms with E-state index in [1.165, 1.54) is 12.8 Å². The topological polar surface area (TPSA) is 34.1 Å². The first-order valence-electron chi connectivity index (χ1n) is 5.16. The molecule has 1 aromatic heterocycles. The first-order valence-corrected chi connectivity index (χ1v) is 5.96. The number of halogens is 1. The van der Waals surface area contributed by atoms with Crippen LogP contribution in [0.25, 0.3) is 0 Å². The summed E-state index contributed by atoms with van der Waals surface area (Å²) in [6.45, 7) is 3.99. The van der Waals surface area contributed by atoms with E-state index in [1.54, 1.807) is 12.4 Å². The highest BCUT2D eigenvalue weighted by Crippen LogP contribution is 2.21. The van der Waals surface area contributed by atoms with Gasteiger partial charge in [0.05, 0.1) is 6.20 Å². The molecule has 2 heterocycles. The molecular weight excluding hydrogens is 256 g/mol. The summed E-state index contributed by atoms with van der Waals surface area (Å²) in [4.78, 5) is 4.06. The van der Waals surface area contributed by atoms with Gasteiger partial charge in [0.15, 0.2) is 0 Å². The van der Waals surface area contributed by atoms with Gasteiger partial charge in [0.25, 0.3) is 0 Å². The molecule has 0 unspecified atom stereocenters. The number of pyridine rings is 1. The van der Waals surface area contributed by atoms with Crippen molar-refractivity contribution in [1.82, 2.24) is 10.3 Å². The third-order valence-corrected chi connectivity index (χ3v) is 3.13. The van der Waals surface area contributed by atoms with Crippen LogP contribution in [-0.2, 0) is 0 Å². The monoisotopic (exact) mass is 270 g/mol. The average Bonchev–Trinajstić information content (AvgIpc) is 2.63. The van der Waals surface area contributed by atoms with Crippen LogP contribution in [-0.4, -0.2) is 23.7 Å². The number of nitrogens with one attached hydrogen (secondary N) is 1. The second-order valence-electron chi connectivity index (χ2n) is 4.22. The predicted molar refractivity (Wildman–Crippen MR) is 63.1 cm³/mol. The Morgan fingerprint density at radius 2 is 2.47 bits per heavy atom. The van der Waals surface area contributed by atoms with Crippen LogP contribution < -0.4 is 10.1 Å². The fourth-order valence-corrected chi connectivity index (χ4v) is 2.14. The molecule has 82 valence electrons. The van der Waals surface area contributed by atoms with Crippen LogP contribution in [0.4, 0.5) is 0 Å². The zero-order chi connectivity index (χ0) is 10.7. The van der Waals surface area contributed by atoms with Crippen LogP contribution in [0.3, 0.4) is 0 Å². The van der Waals surface area contributed by atoms with Crippen molar-refractivity contribution in [2.45, 2.75) is 25.3 Å². The Morgan fingerprint density at radius 1 is 1.60 bits per heavy atom. The van der Waals surface area contributed by atoms with Crippen molar-refractivity contribution in [3.63, 3.8) is 0 Å². The number of nitrogens with zero attached hydrogens (tertiary/aromatic N) is 1. The molecule has 3 nitrogen and oxygen atoms in total. The molecule has 0 amide bonds. The summed E-state index contributed by atoms with van der Waals surface area (Å²) in [5, 5.41) is 3.46. The Balaban J connectivity index is 1.92.